The van der Waals surface area contributed by atoms with E-state index in [4.69, 9.17) is 5.73 Å². The fourth-order valence-corrected chi connectivity index (χ4v) is 2.20. The van der Waals surface area contributed by atoms with Gasteiger partial charge in [-0.1, -0.05) is 13.8 Å². The number of anilines is 2. The number of aromatic nitrogens is 2. The zero-order chi connectivity index (χ0) is 10.9. The lowest BCUT2D eigenvalue weighted by Gasteiger charge is -2.38. The second kappa shape index (κ2) is 3.68. The third kappa shape index (κ3) is 2.19. The minimum atomic E-state index is 0.357. The summed E-state index contributed by atoms with van der Waals surface area (Å²) in [7, 11) is 0. The molecule has 0 unspecified atom stereocenters. The standard InChI is InChI=1S/C11H18N4/c1-11(2)4-3-5-15(7-11)10-9(12)6-13-8-14-10/h6,8H,3-5,7,12H2,1-2H3. The number of nitrogens with zero attached hydrogens (tertiary/aromatic N) is 3. The van der Waals surface area contributed by atoms with Crippen molar-refractivity contribution in [3.63, 3.8) is 0 Å². The number of hydrogen-bond acceptors (Lipinski definition) is 4. The van der Waals surface area contributed by atoms with E-state index in [2.05, 4.69) is 28.7 Å². The average molecular weight is 206 g/mol. The normalized spacial score (nSPS) is 20.3. The number of piperidine rings is 1. The lowest BCUT2D eigenvalue weighted by Crippen LogP contribution is -2.40. The van der Waals surface area contributed by atoms with Crippen LogP contribution in [0.2, 0.25) is 0 Å². The quantitative estimate of drug-likeness (QED) is 0.759. The van der Waals surface area contributed by atoms with Gasteiger partial charge in [-0.25, -0.2) is 9.97 Å². The van der Waals surface area contributed by atoms with Crippen molar-refractivity contribution >= 4 is 11.5 Å². The van der Waals surface area contributed by atoms with Crippen LogP contribution in [0.1, 0.15) is 26.7 Å². The van der Waals surface area contributed by atoms with Crippen molar-refractivity contribution in [2.24, 2.45) is 5.41 Å². The van der Waals surface area contributed by atoms with Gasteiger partial charge in [0.05, 0.1) is 11.9 Å². The molecule has 1 aliphatic heterocycles. The van der Waals surface area contributed by atoms with Crippen molar-refractivity contribution in [3.05, 3.63) is 12.5 Å². The van der Waals surface area contributed by atoms with Gasteiger partial charge in [0.25, 0.3) is 0 Å². The van der Waals surface area contributed by atoms with E-state index < -0.39 is 0 Å². The molecule has 0 aliphatic carbocycles. The van der Waals surface area contributed by atoms with Crippen molar-refractivity contribution in [2.75, 3.05) is 23.7 Å². The molecule has 4 heteroatoms. The van der Waals surface area contributed by atoms with E-state index in [-0.39, 0.29) is 0 Å². The molecule has 1 aliphatic rings. The van der Waals surface area contributed by atoms with Gasteiger partial charge in [-0.15, -0.1) is 0 Å². The Labute approximate surface area is 90.5 Å². The van der Waals surface area contributed by atoms with Gasteiger partial charge >= 0.3 is 0 Å². The Bertz CT molecular complexity index is 348. The minimum Gasteiger partial charge on any atom is -0.394 e. The zero-order valence-electron chi connectivity index (χ0n) is 9.40. The van der Waals surface area contributed by atoms with Crippen LogP contribution in [0, 0.1) is 5.41 Å². The maximum atomic E-state index is 5.87. The van der Waals surface area contributed by atoms with Crippen LogP contribution in [-0.2, 0) is 0 Å². The van der Waals surface area contributed by atoms with Gasteiger partial charge in [-0.3, -0.25) is 0 Å². The van der Waals surface area contributed by atoms with Gasteiger partial charge in [0, 0.05) is 13.1 Å². The molecule has 2 rings (SSSR count). The minimum absolute atomic E-state index is 0.357. The molecule has 1 saturated heterocycles. The Morgan fingerprint density at radius 3 is 2.93 bits per heavy atom. The molecule has 0 amide bonds. The molecule has 0 spiro atoms. The maximum absolute atomic E-state index is 5.87. The van der Waals surface area contributed by atoms with Crippen LogP contribution in [-0.4, -0.2) is 23.1 Å². The fourth-order valence-electron chi connectivity index (χ4n) is 2.20. The molecule has 2 N–H and O–H groups in total. The zero-order valence-corrected chi connectivity index (χ0v) is 9.40. The SMILES string of the molecule is CC1(C)CCCN(c2ncncc2N)C1. The first-order chi connectivity index (χ1) is 7.08. The molecular formula is C11H18N4. The van der Waals surface area contributed by atoms with E-state index in [1.54, 1.807) is 12.5 Å². The topological polar surface area (TPSA) is 55.0 Å². The lowest BCUT2D eigenvalue weighted by molar-refractivity contribution is 0.292. The van der Waals surface area contributed by atoms with Crippen LogP contribution in [0.4, 0.5) is 11.5 Å². The van der Waals surface area contributed by atoms with Gasteiger partial charge < -0.3 is 10.6 Å². The summed E-state index contributed by atoms with van der Waals surface area (Å²) in [6, 6.07) is 0. The van der Waals surface area contributed by atoms with E-state index in [0.717, 1.165) is 18.9 Å². The van der Waals surface area contributed by atoms with Gasteiger partial charge in [0.2, 0.25) is 0 Å². The van der Waals surface area contributed by atoms with Crippen LogP contribution in [0.15, 0.2) is 12.5 Å². The highest BCUT2D eigenvalue weighted by Gasteiger charge is 2.27. The van der Waals surface area contributed by atoms with Crippen molar-refractivity contribution in [1.29, 1.82) is 0 Å². The first-order valence-electron chi connectivity index (χ1n) is 5.39. The van der Waals surface area contributed by atoms with Gasteiger partial charge in [0.1, 0.15) is 6.33 Å². The second-order valence-corrected chi connectivity index (χ2v) is 4.99. The second-order valence-electron chi connectivity index (χ2n) is 4.99. The van der Waals surface area contributed by atoms with Crippen LogP contribution in [0.5, 0.6) is 0 Å². The number of nitrogens with two attached hydrogens (primary N) is 1. The average Bonchev–Trinajstić information content (AvgIpc) is 2.17. The van der Waals surface area contributed by atoms with Crippen molar-refractivity contribution in [2.45, 2.75) is 26.7 Å². The van der Waals surface area contributed by atoms with Gasteiger partial charge in [-0.2, -0.15) is 0 Å². The monoisotopic (exact) mass is 206 g/mol. The summed E-state index contributed by atoms with van der Waals surface area (Å²) in [5.41, 5.74) is 6.91. The van der Waals surface area contributed by atoms with E-state index >= 15 is 0 Å². The van der Waals surface area contributed by atoms with Crippen LogP contribution in [0.25, 0.3) is 0 Å². The molecule has 1 aromatic rings. The highest BCUT2D eigenvalue weighted by Crippen LogP contribution is 2.32. The Balaban J connectivity index is 2.21. The maximum Gasteiger partial charge on any atom is 0.155 e. The van der Waals surface area contributed by atoms with Crippen LogP contribution in [0.3, 0.4) is 0 Å². The highest BCUT2D eigenvalue weighted by molar-refractivity contribution is 5.61. The first kappa shape index (κ1) is 10.2. The molecule has 0 saturated carbocycles. The largest absolute Gasteiger partial charge is 0.394 e. The highest BCUT2D eigenvalue weighted by atomic mass is 15.2. The lowest BCUT2D eigenvalue weighted by atomic mass is 9.84. The van der Waals surface area contributed by atoms with Crippen molar-refractivity contribution < 1.29 is 0 Å². The summed E-state index contributed by atoms with van der Waals surface area (Å²) < 4.78 is 0. The Morgan fingerprint density at radius 1 is 1.47 bits per heavy atom. The Morgan fingerprint density at radius 2 is 2.27 bits per heavy atom. The summed E-state index contributed by atoms with van der Waals surface area (Å²) in [5, 5.41) is 0. The van der Waals surface area contributed by atoms with E-state index in [1.165, 1.54) is 12.8 Å². The predicted molar refractivity (Wildman–Crippen MR) is 61.7 cm³/mol. The van der Waals surface area contributed by atoms with Gasteiger partial charge in [0.15, 0.2) is 5.82 Å². The molecule has 4 nitrogen and oxygen atoms in total. The fraction of sp³-hybridized carbons (Fsp3) is 0.636. The van der Waals surface area contributed by atoms with Gasteiger partial charge in [-0.05, 0) is 18.3 Å². The third-order valence-electron chi connectivity index (χ3n) is 2.92. The molecule has 2 heterocycles. The summed E-state index contributed by atoms with van der Waals surface area (Å²) >= 11 is 0. The van der Waals surface area contributed by atoms with E-state index in [0.29, 0.717) is 11.1 Å². The Kier molecular flexibility index (Phi) is 2.50. The first-order valence-corrected chi connectivity index (χ1v) is 5.39. The molecular weight excluding hydrogens is 188 g/mol. The number of nitrogen functional groups attached to an aromatic ring is 1. The van der Waals surface area contributed by atoms with Crippen molar-refractivity contribution in [3.8, 4) is 0 Å². The van der Waals surface area contributed by atoms with Crippen LogP contribution < -0.4 is 10.6 Å². The summed E-state index contributed by atoms with van der Waals surface area (Å²) in [5.74, 6) is 0.887. The molecule has 0 radical (unpaired) electrons. The molecule has 1 aromatic heterocycles. The van der Waals surface area contributed by atoms with E-state index in [1.807, 2.05) is 0 Å². The molecule has 0 aromatic carbocycles. The number of rotatable bonds is 1. The Hall–Kier alpha value is -1.32. The number of hydrogen-bond donors (Lipinski definition) is 1. The molecule has 82 valence electrons. The molecule has 0 atom stereocenters. The summed E-state index contributed by atoms with van der Waals surface area (Å²) in [6.07, 6.45) is 5.71. The predicted octanol–water partition coefficient (Wildman–Crippen LogP) is 1.69. The van der Waals surface area contributed by atoms with Crippen LogP contribution >= 0.6 is 0 Å². The molecule has 0 bridgehead atoms. The summed E-state index contributed by atoms with van der Waals surface area (Å²) in [6.45, 7) is 6.64. The van der Waals surface area contributed by atoms with E-state index in [9.17, 15) is 0 Å². The molecule has 15 heavy (non-hydrogen) atoms. The molecule has 1 fully saturated rings. The summed E-state index contributed by atoms with van der Waals surface area (Å²) in [4.78, 5) is 10.4. The smallest absolute Gasteiger partial charge is 0.155 e. The van der Waals surface area contributed by atoms with Crippen molar-refractivity contribution in [1.82, 2.24) is 9.97 Å². The third-order valence-corrected chi connectivity index (χ3v) is 2.92.